The van der Waals surface area contributed by atoms with Gasteiger partial charge in [-0.05, 0) is 13.3 Å². The van der Waals surface area contributed by atoms with Crippen LogP contribution >= 0.6 is 0 Å². The summed E-state index contributed by atoms with van der Waals surface area (Å²) >= 11 is 0. The Hall–Kier alpha value is -1.59. The number of nitrogen functional groups attached to an aromatic ring is 1. The first-order valence-corrected chi connectivity index (χ1v) is 5.55. The molecule has 6 heteroatoms. The summed E-state index contributed by atoms with van der Waals surface area (Å²) in [7, 11) is 0. The van der Waals surface area contributed by atoms with Gasteiger partial charge in [0.1, 0.15) is 6.20 Å². The summed E-state index contributed by atoms with van der Waals surface area (Å²) in [5.74, 6) is 0.147. The van der Waals surface area contributed by atoms with Gasteiger partial charge in [0.25, 0.3) is 0 Å². The topological polar surface area (TPSA) is 87.0 Å². The van der Waals surface area contributed by atoms with E-state index < -0.39 is 4.92 Å². The molecule has 0 radical (unpaired) electrons. The van der Waals surface area contributed by atoms with E-state index in [2.05, 4.69) is 12.0 Å². The van der Waals surface area contributed by atoms with Crippen LogP contribution in [0, 0.1) is 10.1 Å². The van der Waals surface area contributed by atoms with Crippen LogP contribution < -0.4 is 5.73 Å². The average Bonchev–Trinajstić information content (AvgIpc) is 2.60. The number of rotatable bonds is 6. The number of hydrogen-bond donors (Lipinski definition) is 1. The normalized spacial score (nSPS) is 12.6. The van der Waals surface area contributed by atoms with E-state index in [-0.39, 0.29) is 17.5 Å². The first kappa shape index (κ1) is 12.5. The van der Waals surface area contributed by atoms with Crippen LogP contribution in [0.5, 0.6) is 0 Å². The largest absolute Gasteiger partial charge is 0.378 e. The predicted octanol–water partition coefficient (Wildman–Crippen LogP) is 2.51. The number of hydrogen-bond acceptors (Lipinski definition) is 4. The maximum absolute atomic E-state index is 10.6. The number of unbranched alkanes of at least 4 members (excludes halogenated alkanes) is 2. The van der Waals surface area contributed by atoms with Gasteiger partial charge in [-0.25, -0.2) is 4.68 Å². The van der Waals surface area contributed by atoms with Crippen molar-refractivity contribution >= 4 is 11.5 Å². The fourth-order valence-electron chi connectivity index (χ4n) is 1.67. The zero-order chi connectivity index (χ0) is 12.1. The Morgan fingerprint density at radius 2 is 2.31 bits per heavy atom. The van der Waals surface area contributed by atoms with Crippen molar-refractivity contribution in [2.75, 3.05) is 5.73 Å². The predicted molar refractivity (Wildman–Crippen MR) is 62.1 cm³/mol. The highest BCUT2D eigenvalue weighted by molar-refractivity contribution is 5.51. The lowest BCUT2D eigenvalue weighted by molar-refractivity contribution is -0.384. The van der Waals surface area contributed by atoms with Crippen LogP contribution in [0.25, 0.3) is 0 Å². The summed E-state index contributed by atoms with van der Waals surface area (Å²) < 4.78 is 1.54. The van der Waals surface area contributed by atoms with Crippen molar-refractivity contribution in [2.45, 2.75) is 45.6 Å². The molecule has 0 amide bonds. The molecule has 0 aliphatic rings. The van der Waals surface area contributed by atoms with E-state index in [1.54, 1.807) is 0 Å². The van der Waals surface area contributed by atoms with Crippen LogP contribution in [-0.2, 0) is 0 Å². The Balaban J connectivity index is 2.69. The highest BCUT2D eigenvalue weighted by Gasteiger charge is 2.20. The summed E-state index contributed by atoms with van der Waals surface area (Å²) in [5.41, 5.74) is 5.56. The molecule has 1 aromatic heterocycles. The number of aromatic nitrogens is 2. The van der Waals surface area contributed by atoms with Gasteiger partial charge in [-0.15, -0.1) is 0 Å². The van der Waals surface area contributed by atoms with E-state index in [1.165, 1.54) is 10.9 Å². The van der Waals surface area contributed by atoms with Crippen molar-refractivity contribution in [3.05, 3.63) is 16.3 Å². The molecule has 6 nitrogen and oxygen atoms in total. The number of anilines is 1. The van der Waals surface area contributed by atoms with Gasteiger partial charge in [-0.2, -0.15) is 5.10 Å². The van der Waals surface area contributed by atoms with Crippen molar-refractivity contribution in [1.29, 1.82) is 0 Å². The van der Waals surface area contributed by atoms with E-state index in [0.717, 1.165) is 25.7 Å². The fraction of sp³-hybridized carbons (Fsp3) is 0.700. The minimum absolute atomic E-state index is 0.109. The summed E-state index contributed by atoms with van der Waals surface area (Å²) in [5, 5.41) is 14.6. The molecule has 1 unspecified atom stereocenters. The third-order valence-corrected chi connectivity index (χ3v) is 2.65. The summed E-state index contributed by atoms with van der Waals surface area (Å²) in [6, 6.07) is 0.111. The van der Waals surface area contributed by atoms with Crippen molar-refractivity contribution in [3.63, 3.8) is 0 Å². The monoisotopic (exact) mass is 226 g/mol. The maximum atomic E-state index is 10.6. The molecule has 16 heavy (non-hydrogen) atoms. The van der Waals surface area contributed by atoms with Crippen LogP contribution in [0.1, 0.15) is 45.6 Å². The van der Waals surface area contributed by atoms with Crippen LogP contribution in [0.4, 0.5) is 11.5 Å². The molecule has 1 aromatic rings. The average molecular weight is 226 g/mol. The van der Waals surface area contributed by atoms with Crippen molar-refractivity contribution < 1.29 is 4.92 Å². The van der Waals surface area contributed by atoms with Gasteiger partial charge in [-0.1, -0.05) is 26.2 Å². The third-order valence-electron chi connectivity index (χ3n) is 2.65. The molecule has 0 aliphatic heterocycles. The third kappa shape index (κ3) is 2.71. The lowest BCUT2D eigenvalue weighted by atomic mass is 10.1. The highest BCUT2D eigenvalue weighted by Crippen LogP contribution is 2.25. The molecule has 0 saturated carbocycles. The molecule has 90 valence electrons. The minimum Gasteiger partial charge on any atom is -0.378 e. The maximum Gasteiger partial charge on any atom is 0.330 e. The van der Waals surface area contributed by atoms with E-state index >= 15 is 0 Å². The van der Waals surface area contributed by atoms with E-state index in [1.807, 2.05) is 6.92 Å². The van der Waals surface area contributed by atoms with Gasteiger partial charge in [0.15, 0.2) is 0 Å². The fourth-order valence-corrected chi connectivity index (χ4v) is 1.67. The number of nitrogens with zero attached hydrogens (tertiary/aromatic N) is 3. The number of nitro groups is 1. The molecular formula is C10H18N4O2. The van der Waals surface area contributed by atoms with Gasteiger partial charge in [-0.3, -0.25) is 10.1 Å². The molecule has 0 bridgehead atoms. The second-order valence-electron chi connectivity index (χ2n) is 3.96. The standard InChI is InChI=1S/C10H18N4O2/c1-3-4-5-6-8(2)13-10(11)9(7-12-13)14(15)16/h7-8H,3-6,11H2,1-2H3. The SMILES string of the molecule is CCCCCC(C)n1ncc([N+](=O)[O-])c1N. The lowest BCUT2D eigenvalue weighted by Crippen LogP contribution is -2.10. The molecular weight excluding hydrogens is 208 g/mol. The van der Waals surface area contributed by atoms with E-state index in [9.17, 15) is 10.1 Å². The zero-order valence-electron chi connectivity index (χ0n) is 9.72. The zero-order valence-corrected chi connectivity index (χ0v) is 9.72. The van der Waals surface area contributed by atoms with Gasteiger partial charge in [0.05, 0.1) is 11.0 Å². The Bertz CT molecular complexity index is 362. The second kappa shape index (κ2) is 5.48. The Morgan fingerprint density at radius 1 is 1.62 bits per heavy atom. The first-order valence-electron chi connectivity index (χ1n) is 5.55. The van der Waals surface area contributed by atoms with Crippen LogP contribution in [0.3, 0.4) is 0 Å². The molecule has 1 rings (SSSR count). The van der Waals surface area contributed by atoms with Crippen LogP contribution in [-0.4, -0.2) is 14.7 Å². The van der Waals surface area contributed by atoms with Crippen molar-refractivity contribution in [2.24, 2.45) is 0 Å². The Labute approximate surface area is 94.6 Å². The highest BCUT2D eigenvalue weighted by atomic mass is 16.6. The number of nitrogens with two attached hydrogens (primary N) is 1. The van der Waals surface area contributed by atoms with Gasteiger partial charge in [0, 0.05) is 0 Å². The Morgan fingerprint density at radius 3 is 2.81 bits per heavy atom. The van der Waals surface area contributed by atoms with Crippen molar-refractivity contribution in [3.8, 4) is 0 Å². The molecule has 1 heterocycles. The van der Waals surface area contributed by atoms with Gasteiger partial charge >= 0.3 is 5.69 Å². The molecule has 2 N–H and O–H groups in total. The molecule has 0 aliphatic carbocycles. The smallest absolute Gasteiger partial charge is 0.330 e. The van der Waals surface area contributed by atoms with E-state index in [4.69, 9.17) is 5.73 Å². The van der Waals surface area contributed by atoms with Gasteiger partial charge < -0.3 is 5.73 Å². The Kier molecular flexibility index (Phi) is 4.28. The van der Waals surface area contributed by atoms with E-state index in [0.29, 0.717) is 0 Å². The molecule has 0 spiro atoms. The molecule has 0 aromatic carbocycles. The van der Waals surface area contributed by atoms with Crippen LogP contribution in [0.2, 0.25) is 0 Å². The summed E-state index contributed by atoms with van der Waals surface area (Å²) in [6.07, 6.45) is 5.56. The molecule has 1 atom stereocenters. The quantitative estimate of drug-likeness (QED) is 0.458. The molecule has 0 saturated heterocycles. The summed E-state index contributed by atoms with van der Waals surface area (Å²) in [4.78, 5) is 10.1. The lowest BCUT2D eigenvalue weighted by Gasteiger charge is -2.12. The summed E-state index contributed by atoms with van der Waals surface area (Å²) in [6.45, 7) is 4.11. The van der Waals surface area contributed by atoms with Crippen molar-refractivity contribution in [1.82, 2.24) is 9.78 Å². The van der Waals surface area contributed by atoms with Gasteiger partial charge in [0.2, 0.25) is 5.82 Å². The second-order valence-corrected chi connectivity index (χ2v) is 3.96. The minimum atomic E-state index is -0.502. The first-order chi connectivity index (χ1) is 7.57. The van der Waals surface area contributed by atoms with Crippen LogP contribution in [0.15, 0.2) is 6.20 Å². The molecule has 0 fully saturated rings.